The first-order valence-electron chi connectivity index (χ1n) is 3.31. The Morgan fingerprint density at radius 2 is 1.54 bits per heavy atom. The molecule has 0 fully saturated rings. The van der Waals surface area contributed by atoms with Gasteiger partial charge in [0.1, 0.15) is 6.67 Å². The van der Waals surface area contributed by atoms with E-state index in [-0.39, 0.29) is 0 Å². The summed E-state index contributed by atoms with van der Waals surface area (Å²) in [5, 5.41) is 23.6. The molecule has 0 radical (unpaired) electrons. The molecule has 0 saturated heterocycles. The Labute approximate surface area is 72.6 Å². The number of hydrogen-bond donors (Lipinski definition) is 3. The van der Waals surface area contributed by atoms with Crippen molar-refractivity contribution in [3.63, 3.8) is 0 Å². The van der Waals surface area contributed by atoms with Crippen molar-refractivity contribution in [1.29, 1.82) is 0 Å². The van der Waals surface area contributed by atoms with E-state index in [4.69, 9.17) is 15.3 Å². The molecule has 0 rings (SSSR count). The zero-order valence-electron chi connectivity index (χ0n) is 6.92. The van der Waals surface area contributed by atoms with Gasteiger partial charge in [0.05, 0.1) is 6.10 Å². The topological polar surface area (TPSA) is 60.7 Å². The molecule has 0 aromatic heterocycles. The Bertz CT molecular complexity index is 117. The minimum Gasteiger partial charge on any atom is -0.400 e. The van der Waals surface area contributed by atoms with Crippen LogP contribution in [0, 0.1) is 0 Å². The van der Waals surface area contributed by atoms with E-state index in [1.807, 2.05) is 0 Å². The molecule has 0 aliphatic heterocycles. The number of hydrogen-bond acceptors (Lipinski definition) is 3. The van der Waals surface area contributed by atoms with Crippen LogP contribution in [0.15, 0.2) is 0 Å². The van der Waals surface area contributed by atoms with E-state index < -0.39 is 31.5 Å². The smallest absolute Gasteiger partial charge is 0.400 e. The highest BCUT2D eigenvalue weighted by Gasteiger charge is 2.39. The van der Waals surface area contributed by atoms with Crippen molar-refractivity contribution in [2.75, 3.05) is 13.8 Å². The Morgan fingerprint density at radius 1 is 1.15 bits per heavy atom. The standard InChI is InChI=1S/C5H8F4O2.CH4O/c6-2-3(10)1-4(11)5(7,8)9;1-2/h3-4,10-11H,1-2H2;2H,1H3. The quantitative estimate of drug-likeness (QED) is 0.582. The molecule has 0 heterocycles. The molecule has 0 bridgehead atoms. The molecule has 0 aliphatic carbocycles. The van der Waals surface area contributed by atoms with Gasteiger partial charge in [-0.1, -0.05) is 0 Å². The summed E-state index contributed by atoms with van der Waals surface area (Å²) in [6.45, 7) is -1.28. The second-order valence-corrected chi connectivity index (χ2v) is 2.10. The second-order valence-electron chi connectivity index (χ2n) is 2.10. The highest BCUT2D eigenvalue weighted by molar-refractivity contribution is 4.69. The first-order valence-corrected chi connectivity index (χ1v) is 3.31. The van der Waals surface area contributed by atoms with Gasteiger partial charge in [-0.3, -0.25) is 0 Å². The number of rotatable bonds is 3. The van der Waals surface area contributed by atoms with Gasteiger partial charge in [0.2, 0.25) is 0 Å². The molecular formula is C6H12F4O3. The fourth-order valence-corrected chi connectivity index (χ4v) is 0.454. The lowest BCUT2D eigenvalue weighted by molar-refractivity contribution is -0.211. The van der Waals surface area contributed by atoms with Gasteiger partial charge in [-0.2, -0.15) is 13.2 Å². The maximum Gasteiger partial charge on any atom is 0.414 e. The molecule has 2 atom stereocenters. The third-order valence-electron chi connectivity index (χ3n) is 1.05. The molecule has 2 unspecified atom stereocenters. The van der Waals surface area contributed by atoms with E-state index in [0.29, 0.717) is 0 Å². The minimum absolute atomic E-state index is 1.00. The first kappa shape index (κ1) is 15.1. The number of aliphatic hydroxyl groups excluding tert-OH is 3. The number of alkyl halides is 4. The van der Waals surface area contributed by atoms with E-state index in [9.17, 15) is 17.6 Å². The zero-order chi connectivity index (χ0) is 11.1. The lowest BCUT2D eigenvalue weighted by Gasteiger charge is -2.15. The van der Waals surface area contributed by atoms with Crippen molar-refractivity contribution in [2.24, 2.45) is 0 Å². The third-order valence-corrected chi connectivity index (χ3v) is 1.05. The Morgan fingerprint density at radius 3 is 1.77 bits per heavy atom. The van der Waals surface area contributed by atoms with Gasteiger partial charge in [-0.15, -0.1) is 0 Å². The van der Waals surface area contributed by atoms with E-state index >= 15 is 0 Å². The van der Waals surface area contributed by atoms with E-state index in [1.165, 1.54) is 0 Å². The maximum atomic E-state index is 11.5. The molecule has 0 amide bonds. The third kappa shape index (κ3) is 7.94. The molecule has 3 nitrogen and oxygen atoms in total. The lowest BCUT2D eigenvalue weighted by atomic mass is 10.2. The predicted molar refractivity (Wildman–Crippen MR) is 36.8 cm³/mol. The van der Waals surface area contributed by atoms with E-state index in [1.54, 1.807) is 0 Å². The molecule has 82 valence electrons. The summed E-state index contributed by atoms with van der Waals surface area (Å²) in [6.07, 6.45) is -10.2. The molecule has 7 heteroatoms. The molecule has 3 N–H and O–H groups in total. The summed E-state index contributed by atoms with van der Waals surface area (Å²) in [5.74, 6) is 0. The van der Waals surface area contributed by atoms with Crippen LogP contribution in [-0.2, 0) is 0 Å². The molecule has 0 saturated carbocycles. The number of aliphatic hydroxyl groups is 3. The summed E-state index contributed by atoms with van der Waals surface area (Å²) >= 11 is 0. The van der Waals surface area contributed by atoms with Crippen LogP contribution in [0.25, 0.3) is 0 Å². The second kappa shape index (κ2) is 7.05. The Hall–Kier alpha value is -0.400. The highest BCUT2D eigenvalue weighted by Crippen LogP contribution is 2.23. The zero-order valence-corrected chi connectivity index (χ0v) is 6.92. The molecule has 0 spiro atoms. The monoisotopic (exact) mass is 208 g/mol. The Kier molecular flexibility index (Phi) is 8.18. The van der Waals surface area contributed by atoms with Gasteiger partial charge in [-0.05, 0) is 0 Å². The van der Waals surface area contributed by atoms with Gasteiger partial charge in [0.15, 0.2) is 6.10 Å². The number of halogens is 4. The summed E-state index contributed by atoms with van der Waals surface area (Å²) in [7, 11) is 1.00. The van der Waals surface area contributed by atoms with Gasteiger partial charge in [0, 0.05) is 13.5 Å². The fourth-order valence-electron chi connectivity index (χ4n) is 0.454. The van der Waals surface area contributed by atoms with Crippen molar-refractivity contribution < 1.29 is 32.9 Å². The summed E-state index contributed by atoms with van der Waals surface area (Å²) < 4.78 is 45.8. The maximum absolute atomic E-state index is 11.5. The lowest BCUT2D eigenvalue weighted by Crippen LogP contribution is -2.32. The van der Waals surface area contributed by atoms with Crippen molar-refractivity contribution in [1.82, 2.24) is 0 Å². The molecular weight excluding hydrogens is 196 g/mol. The van der Waals surface area contributed by atoms with Crippen LogP contribution in [0.2, 0.25) is 0 Å². The van der Waals surface area contributed by atoms with Crippen molar-refractivity contribution in [3.8, 4) is 0 Å². The van der Waals surface area contributed by atoms with Crippen molar-refractivity contribution in [3.05, 3.63) is 0 Å². The highest BCUT2D eigenvalue weighted by atomic mass is 19.4. The van der Waals surface area contributed by atoms with Crippen LogP contribution >= 0.6 is 0 Å². The normalized spacial score (nSPS) is 15.7. The van der Waals surface area contributed by atoms with Crippen LogP contribution in [0.4, 0.5) is 17.6 Å². The van der Waals surface area contributed by atoms with Crippen LogP contribution < -0.4 is 0 Å². The van der Waals surface area contributed by atoms with E-state index in [0.717, 1.165) is 7.11 Å². The van der Waals surface area contributed by atoms with Crippen LogP contribution in [0.5, 0.6) is 0 Å². The van der Waals surface area contributed by atoms with Crippen LogP contribution in [0.1, 0.15) is 6.42 Å². The van der Waals surface area contributed by atoms with Crippen LogP contribution in [-0.4, -0.2) is 47.5 Å². The first-order chi connectivity index (χ1) is 5.88. The van der Waals surface area contributed by atoms with Crippen molar-refractivity contribution in [2.45, 2.75) is 24.8 Å². The SMILES string of the molecule is CO.OC(CF)CC(O)C(F)(F)F. The van der Waals surface area contributed by atoms with Gasteiger partial charge < -0.3 is 15.3 Å². The van der Waals surface area contributed by atoms with Gasteiger partial charge in [0.25, 0.3) is 0 Å². The average Bonchev–Trinajstić information content (AvgIpc) is 2.06. The molecule has 0 aromatic rings. The minimum atomic E-state index is -4.78. The van der Waals surface area contributed by atoms with Gasteiger partial charge >= 0.3 is 6.18 Å². The average molecular weight is 208 g/mol. The van der Waals surface area contributed by atoms with Crippen molar-refractivity contribution >= 4 is 0 Å². The summed E-state index contributed by atoms with van der Waals surface area (Å²) in [5.41, 5.74) is 0. The molecule has 0 aromatic carbocycles. The van der Waals surface area contributed by atoms with E-state index in [2.05, 4.69) is 0 Å². The molecule has 13 heavy (non-hydrogen) atoms. The molecule has 0 aliphatic rings. The van der Waals surface area contributed by atoms with Gasteiger partial charge in [-0.25, -0.2) is 4.39 Å². The summed E-state index contributed by atoms with van der Waals surface area (Å²) in [6, 6.07) is 0. The largest absolute Gasteiger partial charge is 0.414 e. The Balaban J connectivity index is 0. The summed E-state index contributed by atoms with van der Waals surface area (Å²) in [4.78, 5) is 0. The fraction of sp³-hybridized carbons (Fsp3) is 1.00. The predicted octanol–water partition coefficient (Wildman–Crippen LogP) is 0.239. The van der Waals surface area contributed by atoms with Crippen LogP contribution in [0.3, 0.4) is 0 Å².